The zero-order chi connectivity index (χ0) is 23.2. The van der Waals surface area contributed by atoms with Crippen LogP contribution in [0.25, 0.3) is 0 Å². The maximum Gasteiger partial charge on any atom is 0.324 e. The van der Waals surface area contributed by atoms with E-state index in [4.69, 9.17) is 0 Å². The van der Waals surface area contributed by atoms with Crippen molar-refractivity contribution in [3.05, 3.63) is 95.6 Å². The summed E-state index contributed by atoms with van der Waals surface area (Å²) in [6, 6.07) is 25.7. The quantitative estimate of drug-likeness (QED) is 0.492. The molecular formula is C28H31N3O2. The predicted molar refractivity (Wildman–Crippen MR) is 133 cm³/mol. The second-order valence-electron chi connectivity index (χ2n) is 8.60. The van der Waals surface area contributed by atoms with Gasteiger partial charge in [0.05, 0.1) is 5.92 Å². The summed E-state index contributed by atoms with van der Waals surface area (Å²) < 4.78 is 0. The molecule has 4 rings (SSSR count). The van der Waals surface area contributed by atoms with Gasteiger partial charge in [0, 0.05) is 31.0 Å². The Morgan fingerprint density at radius 1 is 0.939 bits per heavy atom. The minimum Gasteiger partial charge on any atom is -0.326 e. The molecule has 0 bridgehead atoms. The van der Waals surface area contributed by atoms with Gasteiger partial charge in [0.25, 0.3) is 0 Å². The van der Waals surface area contributed by atoms with Crippen LogP contribution >= 0.6 is 0 Å². The Morgan fingerprint density at radius 3 is 2.30 bits per heavy atom. The number of amides is 3. The third kappa shape index (κ3) is 5.43. The number of hydrogen-bond donors (Lipinski definition) is 1. The lowest BCUT2D eigenvalue weighted by molar-refractivity contribution is -0.117. The fourth-order valence-corrected chi connectivity index (χ4v) is 4.29. The normalized spacial score (nSPS) is 14.8. The SMILES string of the molecule is CCC(C(=O)Nc1ccc(N2CCCN(Cc3ccc(C)cc3)C2=O)cc1)c1ccccc1. The number of hydrogen-bond acceptors (Lipinski definition) is 2. The zero-order valence-corrected chi connectivity index (χ0v) is 19.3. The van der Waals surface area contributed by atoms with Crippen LogP contribution in [0.3, 0.4) is 0 Å². The van der Waals surface area contributed by atoms with E-state index >= 15 is 0 Å². The maximum atomic E-state index is 13.1. The van der Waals surface area contributed by atoms with Gasteiger partial charge in [-0.2, -0.15) is 0 Å². The number of benzene rings is 3. The summed E-state index contributed by atoms with van der Waals surface area (Å²) >= 11 is 0. The molecule has 5 heteroatoms. The summed E-state index contributed by atoms with van der Waals surface area (Å²) in [4.78, 5) is 29.7. The average Bonchev–Trinajstić information content (AvgIpc) is 2.84. The third-order valence-corrected chi connectivity index (χ3v) is 6.18. The largest absolute Gasteiger partial charge is 0.326 e. The van der Waals surface area contributed by atoms with E-state index in [0.717, 1.165) is 41.9 Å². The van der Waals surface area contributed by atoms with Crippen molar-refractivity contribution in [3.8, 4) is 0 Å². The van der Waals surface area contributed by atoms with Crippen molar-refractivity contribution < 1.29 is 9.59 Å². The molecule has 1 fully saturated rings. The summed E-state index contributed by atoms with van der Waals surface area (Å²) in [5, 5.41) is 3.03. The molecule has 1 N–H and O–H groups in total. The maximum absolute atomic E-state index is 13.1. The van der Waals surface area contributed by atoms with Crippen LogP contribution in [0.1, 0.15) is 42.4 Å². The van der Waals surface area contributed by atoms with E-state index in [2.05, 4.69) is 36.5 Å². The molecule has 3 aromatic carbocycles. The molecule has 33 heavy (non-hydrogen) atoms. The van der Waals surface area contributed by atoms with E-state index in [0.29, 0.717) is 13.1 Å². The number of carbonyl (C=O) groups is 2. The first kappa shape index (κ1) is 22.6. The number of rotatable bonds is 7. The highest BCUT2D eigenvalue weighted by molar-refractivity contribution is 5.97. The summed E-state index contributed by atoms with van der Waals surface area (Å²) in [6.07, 6.45) is 1.65. The topological polar surface area (TPSA) is 52.7 Å². The highest BCUT2D eigenvalue weighted by Gasteiger charge is 2.27. The lowest BCUT2D eigenvalue weighted by atomic mass is 9.95. The molecule has 3 aromatic rings. The average molecular weight is 442 g/mol. The van der Waals surface area contributed by atoms with Crippen LogP contribution in [0.2, 0.25) is 0 Å². The molecule has 0 aromatic heterocycles. The molecule has 1 saturated heterocycles. The lowest BCUT2D eigenvalue weighted by Crippen LogP contribution is -2.49. The van der Waals surface area contributed by atoms with Crippen LogP contribution in [0.15, 0.2) is 78.9 Å². The number of nitrogens with zero attached hydrogens (tertiary/aromatic N) is 2. The molecule has 1 aliphatic heterocycles. The van der Waals surface area contributed by atoms with E-state index in [-0.39, 0.29) is 17.9 Å². The van der Waals surface area contributed by atoms with Crippen molar-refractivity contribution >= 4 is 23.3 Å². The Balaban J connectivity index is 1.41. The minimum absolute atomic E-state index is 0.0187. The number of nitrogens with one attached hydrogen (secondary N) is 1. The summed E-state index contributed by atoms with van der Waals surface area (Å²) in [5.41, 5.74) is 4.95. The van der Waals surface area contributed by atoms with Gasteiger partial charge >= 0.3 is 6.03 Å². The second kappa shape index (κ2) is 10.3. The van der Waals surface area contributed by atoms with Crippen LogP contribution < -0.4 is 10.2 Å². The van der Waals surface area contributed by atoms with Crippen molar-refractivity contribution in [2.45, 2.75) is 39.2 Å². The monoisotopic (exact) mass is 441 g/mol. The molecule has 1 aliphatic rings. The van der Waals surface area contributed by atoms with Gasteiger partial charge in [-0.1, -0.05) is 67.1 Å². The minimum atomic E-state index is -0.190. The van der Waals surface area contributed by atoms with E-state index in [1.807, 2.05) is 71.3 Å². The first-order valence-corrected chi connectivity index (χ1v) is 11.6. The van der Waals surface area contributed by atoms with Gasteiger partial charge in [-0.05, 0) is 55.2 Å². The molecule has 1 heterocycles. The van der Waals surface area contributed by atoms with E-state index in [1.54, 1.807) is 0 Å². The Morgan fingerprint density at radius 2 is 1.64 bits per heavy atom. The molecular weight excluding hydrogens is 410 g/mol. The van der Waals surface area contributed by atoms with Gasteiger partial charge < -0.3 is 10.2 Å². The van der Waals surface area contributed by atoms with Crippen LogP contribution in [0, 0.1) is 6.92 Å². The molecule has 0 spiro atoms. The molecule has 1 unspecified atom stereocenters. The first-order valence-electron chi connectivity index (χ1n) is 11.6. The van der Waals surface area contributed by atoms with Crippen molar-refractivity contribution in [2.75, 3.05) is 23.3 Å². The van der Waals surface area contributed by atoms with E-state index < -0.39 is 0 Å². The molecule has 5 nitrogen and oxygen atoms in total. The molecule has 0 saturated carbocycles. The van der Waals surface area contributed by atoms with Gasteiger partial charge in [-0.25, -0.2) is 4.79 Å². The third-order valence-electron chi connectivity index (χ3n) is 6.18. The smallest absolute Gasteiger partial charge is 0.324 e. The van der Waals surface area contributed by atoms with E-state index in [1.165, 1.54) is 5.56 Å². The summed E-state index contributed by atoms with van der Waals surface area (Å²) in [7, 11) is 0. The van der Waals surface area contributed by atoms with Gasteiger partial charge in [-0.3, -0.25) is 9.69 Å². The molecule has 0 radical (unpaired) electrons. The van der Waals surface area contributed by atoms with Crippen molar-refractivity contribution in [1.29, 1.82) is 0 Å². The van der Waals surface area contributed by atoms with Gasteiger partial charge in [0.2, 0.25) is 5.91 Å². The molecule has 0 aliphatic carbocycles. The van der Waals surface area contributed by atoms with Crippen LogP contribution in [0.5, 0.6) is 0 Å². The van der Waals surface area contributed by atoms with Crippen LogP contribution in [-0.2, 0) is 11.3 Å². The summed E-state index contributed by atoms with van der Waals surface area (Å²) in [6.45, 7) is 6.15. The van der Waals surface area contributed by atoms with Gasteiger partial charge in [0.1, 0.15) is 0 Å². The molecule has 170 valence electrons. The van der Waals surface area contributed by atoms with Crippen LogP contribution in [0.4, 0.5) is 16.2 Å². The van der Waals surface area contributed by atoms with Gasteiger partial charge in [-0.15, -0.1) is 0 Å². The highest BCUT2D eigenvalue weighted by Crippen LogP contribution is 2.25. The zero-order valence-electron chi connectivity index (χ0n) is 19.3. The lowest BCUT2D eigenvalue weighted by Gasteiger charge is -2.35. The predicted octanol–water partition coefficient (Wildman–Crippen LogP) is 5.96. The number of urea groups is 1. The Labute approximate surface area is 196 Å². The highest BCUT2D eigenvalue weighted by atomic mass is 16.2. The Bertz CT molecular complexity index is 1080. The molecule has 1 atom stereocenters. The van der Waals surface area contributed by atoms with Crippen molar-refractivity contribution in [1.82, 2.24) is 4.90 Å². The van der Waals surface area contributed by atoms with Crippen molar-refractivity contribution in [3.63, 3.8) is 0 Å². The Kier molecular flexibility index (Phi) is 7.08. The fraction of sp³-hybridized carbons (Fsp3) is 0.286. The van der Waals surface area contributed by atoms with Gasteiger partial charge in [0.15, 0.2) is 0 Å². The fourth-order valence-electron chi connectivity index (χ4n) is 4.29. The molecule has 3 amide bonds. The number of anilines is 2. The first-order chi connectivity index (χ1) is 16.0. The number of carbonyl (C=O) groups excluding carboxylic acids is 2. The second-order valence-corrected chi connectivity index (χ2v) is 8.60. The summed E-state index contributed by atoms with van der Waals surface area (Å²) in [5.74, 6) is -0.209. The van der Waals surface area contributed by atoms with Crippen LogP contribution in [-0.4, -0.2) is 29.9 Å². The standard InChI is InChI=1S/C28H31N3O2/c1-3-26(23-8-5-4-6-9-23)27(32)29-24-14-16-25(17-15-24)31-19-7-18-30(28(31)33)20-22-12-10-21(2)11-13-22/h4-6,8-17,26H,3,7,18-20H2,1-2H3,(H,29,32). The number of aryl methyl sites for hydroxylation is 1. The van der Waals surface area contributed by atoms with E-state index in [9.17, 15) is 9.59 Å². The Hall–Kier alpha value is -3.60. The van der Waals surface area contributed by atoms with Crippen molar-refractivity contribution in [2.24, 2.45) is 0 Å².